The number of carbonyl (C=O) groups excluding carboxylic acids is 2. The number of rotatable bonds is 51. The standard InChI is InChI=1S/C54H110N4O2S2/c1-7-47-57(9-3,10-4)49-39-33-29-25-21-17-13-15-19-23-27-31-35-43-53(59)55-45-37-41-51-61-62-52-42-38-46-56-54(60)44-36-32-28-24-20-16-14-18-22-26-30-34-40-50-58(11-5,12-6)48-8-2/h7-52H2,1-6H3/p+2. The van der Waals surface area contributed by atoms with Crippen molar-refractivity contribution in [3.8, 4) is 0 Å². The predicted molar refractivity (Wildman–Crippen MR) is 281 cm³/mol. The highest BCUT2D eigenvalue weighted by molar-refractivity contribution is 8.76. The molecule has 2 amide bonds. The minimum atomic E-state index is 0.240. The molecule has 370 valence electrons. The van der Waals surface area contributed by atoms with E-state index in [4.69, 9.17) is 0 Å². The number of carbonyl (C=O) groups is 2. The largest absolute Gasteiger partial charge is 0.356 e. The molecule has 0 aromatic heterocycles. The van der Waals surface area contributed by atoms with Gasteiger partial charge in [-0.1, -0.05) is 164 Å². The third kappa shape index (κ3) is 38.8. The smallest absolute Gasteiger partial charge is 0.219 e. The molecule has 0 atom stereocenters. The van der Waals surface area contributed by atoms with Crippen molar-refractivity contribution >= 4 is 33.4 Å². The van der Waals surface area contributed by atoms with Crippen LogP contribution in [0.4, 0.5) is 0 Å². The number of nitrogens with one attached hydrogen (secondary N) is 2. The molecule has 0 aliphatic heterocycles. The van der Waals surface area contributed by atoms with Crippen molar-refractivity contribution in [3.05, 3.63) is 0 Å². The molecule has 0 aliphatic rings. The van der Waals surface area contributed by atoms with E-state index in [1.165, 1.54) is 228 Å². The molecule has 62 heavy (non-hydrogen) atoms. The van der Waals surface area contributed by atoms with Gasteiger partial charge in [0.25, 0.3) is 0 Å². The first kappa shape index (κ1) is 61.6. The maximum Gasteiger partial charge on any atom is 0.219 e. The molecule has 2 N–H and O–H groups in total. The zero-order chi connectivity index (χ0) is 45.5. The zero-order valence-corrected chi connectivity index (χ0v) is 44.7. The molecule has 0 aliphatic carbocycles. The van der Waals surface area contributed by atoms with Gasteiger partial charge in [-0.2, -0.15) is 0 Å². The third-order valence-corrected chi connectivity index (χ3v) is 16.8. The molecular weight excluding hydrogens is 801 g/mol. The Balaban J connectivity index is 3.34. The summed E-state index contributed by atoms with van der Waals surface area (Å²) in [7, 11) is 3.91. The molecule has 0 fully saturated rings. The lowest BCUT2D eigenvalue weighted by molar-refractivity contribution is -0.925. The van der Waals surface area contributed by atoms with E-state index in [1.54, 1.807) is 0 Å². The molecular formula is C54H112N4O2S2+2. The second-order valence-corrected chi connectivity index (χ2v) is 22.0. The number of unbranched alkanes of at least 4 members (excludes halogenated alkanes) is 26. The summed E-state index contributed by atoms with van der Waals surface area (Å²) in [6.45, 7) is 26.5. The van der Waals surface area contributed by atoms with Crippen LogP contribution in [0, 0.1) is 0 Å². The average Bonchev–Trinajstić information content (AvgIpc) is 3.28. The van der Waals surface area contributed by atoms with Gasteiger partial charge in [0, 0.05) is 37.4 Å². The molecule has 0 aromatic carbocycles. The van der Waals surface area contributed by atoms with Crippen LogP contribution in [-0.2, 0) is 9.59 Å². The molecule has 0 saturated carbocycles. The first-order valence-corrected chi connectivity index (χ1v) is 30.3. The summed E-state index contributed by atoms with van der Waals surface area (Å²) in [5, 5.41) is 6.27. The van der Waals surface area contributed by atoms with Crippen LogP contribution in [0.5, 0.6) is 0 Å². The summed E-state index contributed by atoms with van der Waals surface area (Å²) < 4.78 is 2.66. The highest BCUT2D eigenvalue weighted by Gasteiger charge is 2.22. The quantitative estimate of drug-likeness (QED) is 0.0363. The van der Waals surface area contributed by atoms with Crippen molar-refractivity contribution in [3.63, 3.8) is 0 Å². The van der Waals surface area contributed by atoms with Crippen molar-refractivity contribution in [1.29, 1.82) is 0 Å². The van der Waals surface area contributed by atoms with Crippen LogP contribution < -0.4 is 10.6 Å². The molecule has 0 aromatic rings. The van der Waals surface area contributed by atoms with Crippen LogP contribution in [0.2, 0.25) is 0 Å². The Morgan fingerprint density at radius 2 is 0.581 bits per heavy atom. The first-order valence-electron chi connectivity index (χ1n) is 27.8. The Bertz CT molecular complexity index is 871. The predicted octanol–water partition coefficient (Wildman–Crippen LogP) is 15.6. The molecule has 6 nitrogen and oxygen atoms in total. The van der Waals surface area contributed by atoms with E-state index in [9.17, 15) is 9.59 Å². The van der Waals surface area contributed by atoms with Gasteiger partial charge in [-0.05, 0) is 105 Å². The van der Waals surface area contributed by atoms with Gasteiger partial charge < -0.3 is 19.6 Å². The topological polar surface area (TPSA) is 58.2 Å². The fourth-order valence-electron chi connectivity index (χ4n) is 9.56. The molecule has 8 heteroatoms. The third-order valence-electron chi connectivity index (χ3n) is 14.2. The lowest BCUT2D eigenvalue weighted by Crippen LogP contribution is -2.48. The van der Waals surface area contributed by atoms with E-state index in [-0.39, 0.29) is 11.8 Å². The fraction of sp³-hybridized carbons (Fsp3) is 0.963. The van der Waals surface area contributed by atoms with Gasteiger partial charge in [0.15, 0.2) is 0 Å². The van der Waals surface area contributed by atoms with E-state index in [0.717, 1.165) is 63.1 Å². The summed E-state index contributed by atoms with van der Waals surface area (Å²) in [6, 6.07) is 0. The van der Waals surface area contributed by atoms with Crippen molar-refractivity contribution in [1.82, 2.24) is 10.6 Å². The SMILES string of the molecule is CCC[N+](CC)(CC)CCCCCCCCCCCCCCCC(=O)NCCCCSSCCCCNC(=O)CCCCCCCCCCCCCCC[N+](CC)(CC)CCC. The molecule has 0 radical (unpaired) electrons. The summed E-state index contributed by atoms with van der Waals surface area (Å²) in [5.41, 5.74) is 0. The maximum absolute atomic E-state index is 12.2. The van der Waals surface area contributed by atoms with E-state index in [0.29, 0.717) is 12.8 Å². The molecule has 0 saturated heterocycles. The molecule has 0 heterocycles. The first-order chi connectivity index (χ1) is 30.4. The van der Waals surface area contributed by atoms with E-state index in [1.807, 2.05) is 21.6 Å². The highest BCUT2D eigenvalue weighted by atomic mass is 33.1. The summed E-state index contributed by atoms with van der Waals surface area (Å²) in [6.07, 6.45) is 43.5. The summed E-state index contributed by atoms with van der Waals surface area (Å²) >= 11 is 0. The van der Waals surface area contributed by atoms with Crippen LogP contribution in [0.3, 0.4) is 0 Å². The average molecular weight is 914 g/mol. The van der Waals surface area contributed by atoms with Crippen LogP contribution in [-0.4, -0.2) is 97.7 Å². The van der Waals surface area contributed by atoms with Gasteiger partial charge in [-0.25, -0.2) is 0 Å². The Labute approximate surface area is 397 Å². The number of quaternary nitrogens is 2. The Morgan fingerprint density at radius 1 is 0.323 bits per heavy atom. The number of hydrogen-bond donors (Lipinski definition) is 2. The minimum absolute atomic E-state index is 0.240. The lowest BCUT2D eigenvalue weighted by Gasteiger charge is -2.36. The van der Waals surface area contributed by atoms with Crippen LogP contribution in [0.25, 0.3) is 0 Å². The van der Waals surface area contributed by atoms with E-state index < -0.39 is 0 Å². The van der Waals surface area contributed by atoms with Crippen LogP contribution in [0.15, 0.2) is 0 Å². The fourth-order valence-corrected chi connectivity index (χ4v) is 11.9. The number of hydrogen-bond acceptors (Lipinski definition) is 4. The number of amides is 2. The van der Waals surface area contributed by atoms with Gasteiger partial charge in [0.1, 0.15) is 0 Å². The van der Waals surface area contributed by atoms with Gasteiger partial charge in [-0.3, -0.25) is 9.59 Å². The molecule has 0 unspecified atom stereocenters. The molecule has 0 bridgehead atoms. The minimum Gasteiger partial charge on any atom is -0.356 e. The second-order valence-electron chi connectivity index (χ2n) is 19.3. The molecule has 0 spiro atoms. The number of nitrogens with zero attached hydrogens (tertiary/aromatic N) is 2. The zero-order valence-electron chi connectivity index (χ0n) is 43.1. The van der Waals surface area contributed by atoms with Crippen LogP contribution in [0.1, 0.15) is 260 Å². The van der Waals surface area contributed by atoms with Gasteiger partial charge in [0.05, 0.1) is 52.4 Å². The van der Waals surface area contributed by atoms with Crippen molar-refractivity contribution in [2.75, 3.05) is 77.0 Å². The highest BCUT2D eigenvalue weighted by Crippen LogP contribution is 2.24. The van der Waals surface area contributed by atoms with Crippen LogP contribution >= 0.6 is 21.6 Å². The van der Waals surface area contributed by atoms with Crippen molar-refractivity contribution < 1.29 is 18.6 Å². The summed E-state index contributed by atoms with van der Waals surface area (Å²) in [5.74, 6) is 2.77. The van der Waals surface area contributed by atoms with Gasteiger partial charge in [-0.15, -0.1) is 0 Å². The monoisotopic (exact) mass is 913 g/mol. The second kappa shape index (κ2) is 47.1. The molecule has 0 rings (SSSR count). The Morgan fingerprint density at radius 3 is 0.839 bits per heavy atom. The van der Waals surface area contributed by atoms with Crippen molar-refractivity contribution in [2.45, 2.75) is 260 Å². The maximum atomic E-state index is 12.2. The Kier molecular flexibility index (Phi) is 46.7. The van der Waals surface area contributed by atoms with E-state index in [2.05, 4.69) is 52.2 Å². The van der Waals surface area contributed by atoms with Gasteiger partial charge in [0.2, 0.25) is 11.8 Å². The van der Waals surface area contributed by atoms with Crippen molar-refractivity contribution in [2.24, 2.45) is 0 Å². The Hall–Kier alpha value is -0.440. The van der Waals surface area contributed by atoms with E-state index >= 15 is 0 Å². The van der Waals surface area contributed by atoms with Gasteiger partial charge >= 0.3 is 0 Å². The summed E-state index contributed by atoms with van der Waals surface area (Å²) in [4.78, 5) is 24.4. The lowest BCUT2D eigenvalue weighted by atomic mass is 10.0. The normalized spacial score (nSPS) is 12.0.